The van der Waals surface area contributed by atoms with Crippen molar-refractivity contribution in [1.82, 2.24) is 0 Å². The number of nitro groups is 1. The van der Waals surface area contributed by atoms with Gasteiger partial charge in [0.15, 0.2) is 5.78 Å². The van der Waals surface area contributed by atoms with Crippen LogP contribution < -0.4 is 9.80 Å². The highest BCUT2D eigenvalue weighted by Crippen LogP contribution is 2.50. The van der Waals surface area contributed by atoms with Gasteiger partial charge in [-0.25, -0.2) is 4.90 Å². The number of benzene rings is 3. The molecule has 2 fully saturated rings. The molecule has 3 aliphatic heterocycles. The molecular formula is C28H19BrClN3O5. The Bertz CT molecular complexity index is 1590. The van der Waals surface area contributed by atoms with E-state index in [1.165, 1.54) is 18.2 Å². The average molecular weight is 593 g/mol. The van der Waals surface area contributed by atoms with Gasteiger partial charge in [0.05, 0.1) is 28.5 Å². The van der Waals surface area contributed by atoms with E-state index in [1.54, 1.807) is 43.3 Å². The van der Waals surface area contributed by atoms with E-state index in [0.29, 0.717) is 21.8 Å². The van der Waals surface area contributed by atoms with E-state index in [9.17, 15) is 24.5 Å². The summed E-state index contributed by atoms with van der Waals surface area (Å²) in [5.41, 5.74) is 2.51. The minimum atomic E-state index is -0.951. The first-order valence-electron chi connectivity index (χ1n) is 11.9. The van der Waals surface area contributed by atoms with E-state index >= 15 is 0 Å². The molecule has 4 atom stereocenters. The van der Waals surface area contributed by atoms with Crippen LogP contribution in [0.4, 0.5) is 17.1 Å². The Morgan fingerprint density at radius 2 is 1.68 bits per heavy atom. The lowest BCUT2D eigenvalue weighted by atomic mass is 9.86. The Morgan fingerprint density at radius 3 is 2.37 bits per heavy atom. The number of rotatable bonds is 4. The lowest BCUT2D eigenvalue weighted by molar-refractivity contribution is -0.384. The van der Waals surface area contributed by atoms with Crippen LogP contribution in [0.15, 0.2) is 71.2 Å². The molecule has 0 radical (unpaired) electrons. The van der Waals surface area contributed by atoms with Crippen molar-refractivity contribution in [2.75, 3.05) is 9.80 Å². The van der Waals surface area contributed by atoms with Crippen LogP contribution in [-0.4, -0.2) is 34.6 Å². The average Bonchev–Trinajstić information content (AvgIpc) is 3.37. The van der Waals surface area contributed by atoms with Crippen LogP contribution in [0.25, 0.3) is 6.08 Å². The Hall–Kier alpha value is -3.82. The van der Waals surface area contributed by atoms with Crippen LogP contribution >= 0.6 is 27.5 Å². The number of imide groups is 1. The first-order valence-corrected chi connectivity index (χ1v) is 13.0. The summed E-state index contributed by atoms with van der Waals surface area (Å²) in [6, 6.07) is 14.8. The summed E-state index contributed by atoms with van der Waals surface area (Å²) in [5.74, 6) is -2.98. The van der Waals surface area contributed by atoms with Gasteiger partial charge in [-0.3, -0.25) is 24.5 Å². The van der Waals surface area contributed by atoms with E-state index in [0.717, 1.165) is 14.9 Å². The van der Waals surface area contributed by atoms with Crippen molar-refractivity contribution >= 4 is 68.3 Å². The third kappa shape index (κ3) is 3.60. The van der Waals surface area contributed by atoms with Gasteiger partial charge >= 0.3 is 0 Å². The number of ketones is 1. The van der Waals surface area contributed by atoms with Crippen LogP contribution in [0.5, 0.6) is 0 Å². The largest absolute Gasteiger partial charge is 0.352 e. The number of amides is 2. The number of fused-ring (bicyclic) bond motifs is 5. The molecule has 0 N–H and O–H groups in total. The Kier molecular flexibility index (Phi) is 5.73. The number of carbonyl (C=O) groups is 3. The summed E-state index contributed by atoms with van der Waals surface area (Å²) in [4.78, 5) is 55.7. The predicted octanol–water partition coefficient (Wildman–Crippen LogP) is 5.59. The maximum Gasteiger partial charge on any atom is 0.269 e. The molecule has 0 aliphatic carbocycles. The molecule has 2 saturated heterocycles. The van der Waals surface area contributed by atoms with Gasteiger partial charge in [-0.05, 0) is 48.4 Å². The first-order chi connectivity index (χ1) is 18.2. The van der Waals surface area contributed by atoms with Gasteiger partial charge in [-0.2, -0.15) is 0 Å². The van der Waals surface area contributed by atoms with Crippen molar-refractivity contribution in [3.8, 4) is 0 Å². The molecule has 2 amide bonds. The normalized spacial score (nSPS) is 23.3. The van der Waals surface area contributed by atoms with Gasteiger partial charge in [-0.15, -0.1) is 0 Å². The molecule has 0 unspecified atom stereocenters. The highest BCUT2D eigenvalue weighted by Gasteiger charge is 2.64. The number of non-ortho nitro benzene ring substituents is 1. The molecule has 8 nitrogen and oxygen atoms in total. The molecule has 0 aromatic heterocycles. The molecule has 0 spiro atoms. The van der Waals surface area contributed by atoms with Gasteiger partial charge in [-0.1, -0.05) is 57.9 Å². The van der Waals surface area contributed by atoms with Crippen molar-refractivity contribution in [3.05, 3.63) is 103 Å². The molecule has 0 saturated carbocycles. The zero-order valence-corrected chi connectivity index (χ0v) is 22.2. The minimum Gasteiger partial charge on any atom is -0.352 e. The third-order valence-electron chi connectivity index (χ3n) is 7.50. The van der Waals surface area contributed by atoms with Gasteiger partial charge in [0.25, 0.3) is 5.69 Å². The molecular weight excluding hydrogens is 574 g/mol. The number of hydrogen-bond acceptors (Lipinski definition) is 6. The van der Waals surface area contributed by atoms with Crippen LogP contribution in [-0.2, 0) is 9.59 Å². The predicted molar refractivity (Wildman–Crippen MR) is 146 cm³/mol. The summed E-state index contributed by atoms with van der Waals surface area (Å²) >= 11 is 9.72. The monoisotopic (exact) mass is 591 g/mol. The van der Waals surface area contributed by atoms with Crippen molar-refractivity contribution in [2.24, 2.45) is 11.8 Å². The number of carbonyl (C=O) groups excluding carboxylic acids is 3. The fourth-order valence-corrected chi connectivity index (χ4v) is 6.29. The molecule has 3 heterocycles. The minimum absolute atomic E-state index is 0.135. The highest BCUT2D eigenvalue weighted by atomic mass is 79.9. The van der Waals surface area contributed by atoms with Crippen molar-refractivity contribution in [2.45, 2.75) is 19.0 Å². The molecule has 6 rings (SSSR count). The van der Waals surface area contributed by atoms with Crippen LogP contribution in [0.3, 0.4) is 0 Å². The van der Waals surface area contributed by atoms with Gasteiger partial charge in [0, 0.05) is 32.9 Å². The van der Waals surface area contributed by atoms with E-state index in [4.69, 9.17) is 11.6 Å². The Labute approximate surface area is 230 Å². The quantitative estimate of drug-likeness (QED) is 0.169. The Balaban J connectivity index is 1.49. The first kappa shape index (κ1) is 24.5. The zero-order valence-electron chi connectivity index (χ0n) is 19.9. The highest BCUT2D eigenvalue weighted by molar-refractivity contribution is 9.10. The summed E-state index contributed by atoms with van der Waals surface area (Å²) in [7, 11) is 0. The van der Waals surface area contributed by atoms with E-state index in [-0.39, 0.29) is 17.2 Å². The molecule has 0 bridgehead atoms. The lowest BCUT2D eigenvalue weighted by Gasteiger charge is -2.36. The van der Waals surface area contributed by atoms with Crippen molar-refractivity contribution in [1.29, 1.82) is 0 Å². The summed E-state index contributed by atoms with van der Waals surface area (Å²) < 4.78 is 0.807. The molecule has 3 aromatic rings. The number of halogens is 2. The molecule has 38 heavy (non-hydrogen) atoms. The summed E-state index contributed by atoms with van der Waals surface area (Å²) in [6.07, 6.45) is 3.74. The number of nitro benzene ring substituents is 1. The van der Waals surface area contributed by atoms with Crippen LogP contribution in [0.1, 0.15) is 21.5 Å². The standard InChI is InChI=1S/C28H19BrClN3O5/c1-14-12-19(33(37)38)9-11-20(14)32-27(35)23-21-10-5-15-4-8-18(30)13-22(15)31(21)25(24(23)28(32)36)26(34)16-2-6-17(29)7-3-16/h2-13,21,23-25H,1H3/t21-,23-,24+,25-/m0/s1. The third-order valence-corrected chi connectivity index (χ3v) is 8.26. The number of Topliss-reactive ketones (excluding diaryl/α,β-unsaturated/α-hetero) is 1. The number of anilines is 2. The van der Waals surface area contributed by atoms with Gasteiger partial charge in [0.2, 0.25) is 11.8 Å². The second-order valence-electron chi connectivity index (χ2n) is 9.57. The Morgan fingerprint density at radius 1 is 0.974 bits per heavy atom. The fraction of sp³-hybridized carbons (Fsp3) is 0.179. The fourth-order valence-electron chi connectivity index (χ4n) is 5.86. The van der Waals surface area contributed by atoms with E-state index < -0.39 is 40.7 Å². The van der Waals surface area contributed by atoms with E-state index in [2.05, 4.69) is 15.9 Å². The number of aryl methyl sites for hydroxylation is 1. The topological polar surface area (TPSA) is 101 Å². The van der Waals surface area contributed by atoms with Crippen molar-refractivity contribution < 1.29 is 19.3 Å². The maximum atomic E-state index is 14.1. The second-order valence-corrected chi connectivity index (χ2v) is 10.9. The SMILES string of the molecule is Cc1cc([N+](=O)[O-])ccc1N1C(=O)[C@@H]2[C@@H](C1=O)[C@@H]1C=Cc3ccc(Cl)cc3N1[C@@H]2C(=O)c1ccc(Br)cc1. The molecule has 3 aliphatic rings. The van der Waals surface area contributed by atoms with E-state index in [1.807, 2.05) is 23.1 Å². The van der Waals surface area contributed by atoms with Crippen LogP contribution in [0.2, 0.25) is 5.02 Å². The molecule has 10 heteroatoms. The van der Waals surface area contributed by atoms with Crippen molar-refractivity contribution in [3.63, 3.8) is 0 Å². The second kappa shape index (κ2) is 8.89. The summed E-state index contributed by atoms with van der Waals surface area (Å²) in [6.45, 7) is 1.62. The van der Waals surface area contributed by atoms with Gasteiger partial charge in [0.1, 0.15) is 6.04 Å². The smallest absolute Gasteiger partial charge is 0.269 e. The van der Waals surface area contributed by atoms with Crippen LogP contribution in [0, 0.1) is 28.9 Å². The summed E-state index contributed by atoms with van der Waals surface area (Å²) in [5, 5.41) is 11.7. The zero-order chi connectivity index (χ0) is 26.9. The number of hydrogen-bond donors (Lipinski definition) is 0. The molecule has 190 valence electrons. The lowest BCUT2D eigenvalue weighted by Crippen LogP contribution is -2.49. The molecule has 3 aromatic carbocycles. The number of nitrogens with zero attached hydrogens (tertiary/aromatic N) is 3. The maximum absolute atomic E-state index is 14.1. The van der Waals surface area contributed by atoms with Gasteiger partial charge < -0.3 is 4.90 Å².